The molecule has 0 amide bonds. The molecule has 0 saturated carbocycles. The summed E-state index contributed by atoms with van der Waals surface area (Å²) in [7, 11) is 0. The van der Waals surface area contributed by atoms with E-state index >= 15 is 0 Å². The van der Waals surface area contributed by atoms with E-state index in [4.69, 9.17) is 0 Å². The molecule has 1 aromatic rings. The lowest BCUT2D eigenvalue weighted by Gasteiger charge is -2.38. The number of hydrogen-bond donors (Lipinski definition) is 0. The molecule has 19 heavy (non-hydrogen) atoms. The predicted octanol–water partition coefficient (Wildman–Crippen LogP) is 4.38. The van der Waals surface area contributed by atoms with Gasteiger partial charge in [0.15, 0.2) is 5.78 Å². The second-order valence-corrected chi connectivity index (χ2v) is 7.41. The fourth-order valence-corrected chi connectivity index (χ4v) is 5.19. The lowest BCUT2D eigenvalue weighted by molar-refractivity contribution is 0.0895. The fraction of sp³-hybridized carbons (Fsp3) is 0.562. The predicted molar refractivity (Wildman–Crippen MR) is 77.2 cm³/mol. The molecule has 2 aliphatic rings. The molecule has 2 fully saturated rings. The Morgan fingerprint density at radius 1 is 1.26 bits per heavy atom. The van der Waals surface area contributed by atoms with Gasteiger partial charge in [0, 0.05) is 22.0 Å². The van der Waals surface area contributed by atoms with Crippen LogP contribution >= 0.6 is 11.8 Å². The Morgan fingerprint density at radius 2 is 1.95 bits per heavy atom. The van der Waals surface area contributed by atoms with E-state index in [1.54, 1.807) is 6.07 Å². The highest BCUT2D eigenvalue weighted by molar-refractivity contribution is 8.00. The smallest absolute Gasteiger partial charge is 0.166 e. The highest BCUT2D eigenvalue weighted by Gasteiger charge is 2.36. The Bertz CT molecular complexity index is 488. The van der Waals surface area contributed by atoms with Crippen LogP contribution in [0, 0.1) is 18.7 Å². The average Bonchev–Trinajstić information content (AvgIpc) is 2.40. The number of rotatable bonds is 2. The summed E-state index contributed by atoms with van der Waals surface area (Å²) in [6, 6.07) is 4.55. The number of carbonyl (C=O) groups is 1. The van der Waals surface area contributed by atoms with Gasteiger partial charge in [0.2, 0.25) is 0 Å². The van der Waals surface area contributed by atoms with Crippen LogP contribution in [0.2, 0.25) is 0 Å². The number of ketones is 1. The molecule has 1 nitrogen and oxygen atoms in total. The van der Waals surface area contributed by atoms with Crippen molar-refractivity contribution in [2.24, 2.45) is 5.92 Å². The molecule has 2 saturated heterocycles. The van der Waals surface area contributed by atoms with Gasteiger partial charge in [-0.3, -0.25) is 4.79 Å². The van der Waals surface area contributed by atoms with E-state index in [-0.39, 0.29) is 17.5 Å². The van der Waals surface area contributed by atoms with Crippen LogP contribution in [0.1, 0.15) is 48.0 Å². The minimum absolute atomic E-state index is 0.108. The molecule has 1 aromatic carbocycles. The topological polar surface area (TPSA) is 17.1 Å². The molecule has 2 unspecified atom stereocenters. The SMILES string of the molecule is Cc1ccc(F)cc1C(=O)C1CC2CCCC(C1)S2. The van der Waals surface area contributed by atoms with Gasteiger partial charge in [-0.1, -0.05) is 12.5 Å². The lowest BCUT2D eigenvalue weighted by Crippen LogP contribution is -2.33. The van der Waals surface area contributed by atoms with E-state index in [1.807, 2.05) is 6.92 Å². The number of hydrogen-bond acceptors (Lipinski definition) is 2. The molecule has 2 heterocycles. The standard InChI is InChI=1S/C16H19FOS/c1-10-5-6-12(17)9-15(10)16(18)11-7-13-3-2-4-14(8-11)19-13/h5-6,9,11,13-14H,2-4,7-8H2,1H3. The van der Waals surface area contributed by atoms with Crippen molar-refractivity contribution in [3.8, 4) is 0 Å². The maximum atomic E-state index is 13.3. The zero-order valence-electron chi connectivity index (χ0n) is 11.2. The third kappa shape index (κ3) is 2.71. The molecule has 0 spiro atoms. The fourth-order valence-electron chi connectivity index (χ4n) is 3.35. The van der Waals surface area contributed by atoms with Gasteiger partial charge >= 0.3 is 0 Å². The number of Topliss-reactive ketones (excluding diaryl/α,β-unsaturated/α-hetero) is 1. The van der Waals surface area contributed by atoms with Crippen LogP contribution in [-0.2, 0) is 0 Å². The first kappa shape index (κ1) is 13.2. The first-order valence-electron chi connectivity index (χ1n) is 7.09. The number of fused-ring (bicyclic) bond motifs is 2. The van der Waals surface area contributed by atoms with E-state index in [2.05, 4.69) is 11.8 Å². The highest BCUT2D eigenvalue weighted by Crippen LogP contribution is 2.44. The summed E-state index contributed by atoms with van der Waals surface area (Å²) in [6.45, 7) is 1.89. The summed E-state index contributed by atoms with van der Waals surface area (Å²) in [4.78, 5) is 12.6. The van der Waals surface area contributed by atoms with Gasteiger partial charge in [0.05, 0.1) is 0 Å². The van der Waals surface area contributed by atoms with E-state index in [0.717, 1.165) is 18.4 Å². The van der Waals surface area contributed by atoms with Crippen molar-refractivity contribution in [1.82, 2.24) is 0 Å². The molecular weight excluding hydrogens is 259 g/mol. The number of aryl methyl sites for hydroxylation is 1. The van der Waals surface area contributed by atoms with Gasteiger partial charge in [0.1, 0.15) is 5.82 Å². The summed E-state index contributed by atoms with van der Waals surface area (Å²) < 4.78 is 13.3. The van der Waals surface area contributed by atoms with Crippen LogP contribution in [0.3, 0.4) is 0 Å². The monoisotopic (exact) mass is 278 g/mol. The van der Waals surface area contributed by atoms with E-state index in [1.165, 1.54) is 31.4 Å². The van der Waals surface area contributed by atoms with Gasteiger partial charge in [-0.05, 0) is 50.3 Å². The second-order valence-electron chi connectivity index (χ2n) is 5.80. The Labute approximate surface area is 118 Å². The molecule has 2 aliphatic heterocycles. The van der Waals surface area contributed by atoms with Crippen molar-refractivity contribution in [3.63, 3.8) is 0 Å². The van der Waals surface area contributed by atoms with Crippen molar-refractivity contribution < 1.29 is 9.18 Å². The van der Waals surface area contributed by atoms with Gasteiger partial charge in [-0.15, -0.1) is 0 Å². The highest BCUT2D eigenvalue weighted by atomic mass is 32.2. The van der Waals surface area contributed by atoms with E-state index in [9.17, 15) is 9.18 Å². The summed E-state index contributed by atoms with van der Waals surface area (Å²) >= 11 is 2.07. The van der Waals surface area contributed by atoms with Gasteiger partial charge < -0.3 is 0 Å². The van der Waals surface area contributed by atoms with Gasteiger partial charge in [-0.2, -0.15) is 11.8 Å². The third-order valence-corrected chi connectivity index (χ3v) is 5.99. The number of thioether (sulfide) groups is 1. The molecule has 0 aliphatic carbocycles. The lowest BCUT2D eigenvalue weighted by atomic mass is 9.83. The summed E-state index contributed by atoms with van der Waals surface area (Å²) in [6.07, 6.45) is 5.76. The number of carbonyl (C=O) groups excluding carboxylic acids is 1. The van der Waals surface area contributed by atoms with Crippen LogP contribution in [0.5, 0.6) is 0 Å². The molecule has 2 atom stereocenters. The molecular formula is C16H19FOS. The molecule has 0 N–H and O–H groups in total. The summed E-state index contributed by atoms with van der Waals surface area (Å²) in [5.74, 6) is -0.0365. The first-order chi connectivity index (χ1) is 9.13. The second kappa shape index (κ2) is 5.28. The quantitative estimate of drug-likeness (QED) is 0.747. The maximum Gasteiger partial charge on any atom is 0.166 e. The molecule has 3 rings (SSSR count). The number of halogens is 1. The number of benzene rings is 1. The van der Waals surface area contributed by atoms with Crippen LogP contribution < -0.4 is 0 Å². The van der Waals surface area contributed by atoms with Crippen LogP contribution in [0.25, 0.3) is 0 Å². The zero-order chi connectivity index (χ0) is 13.4. The maximum absolute atomic E-state index is 13.3. The van der Waals surface area contributed by atoms with Crippen molar-refractivity contribution in [2.45, 2.75) is 49.5 Å². The summed E-state index contributed by atoms with van der Waals surface area (Å²) in [5, 5.41) is 1.30. The molecule has 2 bridgehead atoms. The van der Waals surface area contributed by atoms with E-state index < -0.39 is 0 Å². The molecule has 102 valence electrons. The van der Waals surface area contributed by atoms with Crippen LogP contribution in [-0.4, -0.2) is 16.3 Å². The van der Waals surface area contributed by atoms with Crippen molar-refractivity contribution in [2.75, 3.05) is 0 Å². The van der Waals surface area contributed by atoms with Crippen molar-refractivity contribution in [3.05, 3.63) is 35.1 Å². The van der Waals surface area contributed by atoms with E-state index in [0.29, 0.717) is 16.1 Å². The van der Waals surface area contributed by atoms with Crippen molar-refractivity contribution in [1.29, 1.82) is 0 Å². The summed E-state index contributed by atoms with van der Waals surface area (Å²) in [5.41, 5.74) is 1.49. The van der Waals surface area contributed by atoms with Crippen molar-refractivity contribution >= 4 is 17.5 Å². The Hall–Kier alpha value is -0.830. The van der Waals surface area contributed by atoms with Crippen LogP contribution in [0.15, 0.2) is 18.2 Å². The Balaban J connectivity index is 1.82. The molecule has 0 radical (unpaired) electrons. The van der Waals surface area contributed by atoms with Gasteiger partial charge in [-0.25, -0.2) is 4.39 Å². The zero-order valence-corrected chi connectivity index (χ0v) is 12.0. The van der Waals surface area contributed by atoms with Crippen LogP contribution in [0.4, 0.5) is 4.39 Å². The Morgan fingerprint density at radius 3 is 2.63 bits per heavy atom. The molecule has 0 aromatic heterocycles. The average molecular weight is 278 g/mol. The minimum Gasteiger partial charge on any atom is -0.294 e. The molecule has 3 heteroatoms. The normalized spacial score (nSPS) is 30.1. The Kier molecular flexibility index (Phi) is 3.66. The minimum atomic E-state index is -0.306. The largest absolute Gasteiger partial charge is 0.294 e. The first-order valence-corrected chi connectivity index (χ1v) is 8.03. The third-order valence-electron chi connectivity index (χ3n) is 4.37. The van der Waals surface area contributed by atoms with Gasteiger partial charge in [0.25, 0.3) is 0 Å².